The number of nitrogens with one attached hydrogen (secondary N) is 1. The van der Waals surface area contributed by atoms with Gasteiger partial charge in [-0.3, -0.25) is 9.97 Å². The van der Waals surface area contributed by atoms with Crippen LogP contribution in [-0.4, -0.2) is 22.0 Å². The van der Waals surface area contributed by atoms with Gasteiger partial charge in [0.1, 0.15) is 5.82 Å². The topological polar surface area (TPSA) is 50.7 Å². The first-order valence-corrected chi connectivity index (χ1v) is 7.03. The number of benzene rings is 1. The van der Waals surface area contributed by atoms with Crippen LogP contribution in [0, 0.1) is 13.8 Å². The quantitative estimate of drug-likeness (QED) is 0.799. The average Bonchev–Trinajstić information content (AvgIpc) is 2.51. The molecule has 2 heterocycles. The predicted octanol–water partition coefficient (Wildman–Crippen LogP) is 3.27. The summed E-state index contributed by atoms with van der Waals surface area (Å²) in [6.07, 6.45) is 2.60. The Morgan fingerprint density at radius 3 is 2.57 bits per heavy atom. The Morgan fingerprint density at radius 2 is 1.76 bits per heavy atom. The maximum Gasteiger partial charge on any atom is 0.148 e. The van der Waals surface area contributed by atoms with Crippen molar-refractivity contribution < 1.29 is 0 Å². The van der Waals surface area contributed by atoms with Crippen molar-refractivity contribution >= 4 is 16.7 Å². The molecule has 4 heteroatoms. The Bertz CT molecular complexity index is 791. The Labute approximate surface area is 124 Å². The highest BCUT2D eigenvalue weighted by Gasteiger charge is 2.10. The minimum absolute atomic E-state index is 0.743. The molecule has 1 aromatic carbocycles. The number of hydrogen-bond donors (Lipinski definition) is 1. The second kappa shape index (κ2) is 5.48. The minimum Gasteiger partial charge on any atom is -0.372 e. The van der Waals surface area contributed by atoms with Crippen LogP contribution in [0.25, 0.3) is 10.9 Å². The van der Waals surface area contributed by atoms with Crippen LogP contribution >= 0.6 is 0 Å². The number of aromatic nitrogens is 3. The summed E-state index contributed by atoms with van der Waals surface area (Å²) in [5.41, 5.74) is 5.13. The number of hydrogen-bond acceptors (Lipinski definition) is 4. The number of fused-ring (bicyclic) bond motifs is 1. The van der Waals surface area contributed by atoms with Gasteiger partial charge >= 0.3 is 0 Å². The molecular formula is C17H18N4. The van der Waals surface area contributed by atoms with Gasteiger partial charge in [-0.05, 0) is 31.5 Å². The molecule has 0 saturated heterocycles. The smallest absolute Gasteiger partial charge is 0.148 e. The highest BCUT2D eigenvalue weighted by atomic mass is 15.0. The number of anilines is 1. The average molecular weight is 278 g/mol. The zero-order chi connectivity index (χ0) is 14.8. The Balaban J connectivity index is 2.08. The van der Waals surface area contributed by atoms with Crippen molar-refractivity contribution in [2.45, 2.75) is 20.3 Å². The summed E-state index contributed by atoms with van der Waals surface area (Å²) in [5, 5.41) is 4.31. The van der Waals surface area contributed by atoms with E-state index < -0.39 is 0 Å². The maximum atomic E-state index is 4.70. The molecule has 0 spiro atoms. The summed E-state index contributed by atoms with van der Waals surface area (Å²) in [6.45, 7) is 3.98. The van der Waals surface area contributed by atoms with Crippen LogP contribution in [0.2, 0.25) is 0 Å². The number of rotatable bonds is 3. The second-order valence-electron chi connectivity index (χ2n) is 5.10. The second-order valence-corrected chi connectivity index (χ2v) is 5.10. The van der Waals surface area contributed by atoms with Crippen molar-refractivity contribution in [3.8, 4) is 0 Å². The van der Waals surface area contributed by atoms with E-state index in [0.717, 1.165) is 34.8 Å². The van der Waals surface area contributed by atoms with Gasteiger partial charge in [0.2, 0.25) is 0 Å². The van der Waals surface area contributed by atoms with E-state index in [0.29, 0.717) is 0 Å². The van der Waals surface area contributed by atoms with Gasteiger partial charge in [-0.25, -0.2) is 4.98 Å². The lowest BCUT2D eigenvalue weighted by Crippen LogP contribution is -2.06. The molecule has 0 radical (unpaired) electrons. The summed E-state index contributed by atoms with van der Waals surface area (Å²) >= 11 is 0. The molecule has 0 saturated carbocycles. The Kier molecular flexibility index (Phi) is 3.52. The largest absolute Gasteiger partial charge is 0.372 e. The molecule has 0 atom stereocenters. The van der Waals surface area contributed by atoms with Gasteiger partial charge in [0.25, 0.3) is 0 Å². The highest BCUT2D eigenvalue weighted by Crippen LogP contribution is 2.22. The fraction of sp³-hybridized carbons (Fsp3) is 0.235. The van der Waals surface area contributed by atoms with Crippen molar-refractivity contribution in [1.29, 1.82) is 0 Å². The first kappa shape index (κ1) is 13.5. The van der Waals surface area contributed by atoms with Gasteiger partial charge in [0.05, 0.1) is 22.6 Å². The van der Waals surface area contributed by atoms with E-state index in [-0.39, 0.29) is 0 Å². The van der Waals surface area contributed by atoms with Crippen LogP contribution < -0.4 is 5.32 Å². The molecule has 0 unspecified atom stereocenters. The van der Waals surface area contributed by atoms with Gasteiger partial charge < -0.3 is 5.32 Å². The van der Waals surface area contributed by atoms with E-state index in [1.807, 2.05) is 45.3 Å². The molecule has 0 bridgehead atoms. The van der Waals surface area contributed by atoms with Crippen LogP contribution in [0.4, 0.5) is 5.82 Å². The van der Waals surface area contributed by atoms with Gasteiger partial charge in [-0.2, -0.15) is 0 Å². The van der Waals surface area contributed by atoms with Gasteiger partial charge in [0.15, 0.2) is 0 Å². The lowest BCUT2D eigenvalue weighted by Gasteiger charge is -2.11. The SMILES string of the molecule is CNc1nc(C)c(C)nc1Cc1ccnc2ccccc12. The van der Waals surface area contributed by atoms with E-state index in [9.17, 15) is 0 Å². The van der Waals surface area contributed by atoms with Crippen LogP contribution in [0.15, 0.2) is 36.5 Å². The van der Waals surface area contributed by atoms with E-state index in [4.69, 9.17) is 4.98 Å². The van der Waals surface area contributed by atoms with Gasteiger partial charge in [0, 0.05) is 25.1 Å². The summed E-state index contributed by atoms with van der Waals surface area (Å²) in [6, 6.07) is 10.2. The minimum atomic E-state index is 0.743. The molecule has 0 aliphatic rings. The monoisotopic (exact) mass is 278 g/mol. The fourth-order valence-corrected chi connectivity index (χ4v) is 2.46. The number of pyridine rings is 1. The number of para-hydroxylation sites is 1. The maximum absolute atomic E-state index is 4.70. The predicted molar refractivity (Wildman–Crippen MR) is 85.6 cm³/mol. The summed E-state index contributed by atoms with van der Waals surface area (Å²) < 4.78 is 0. The molecule has 4 nitrogen and oxygen atoms in total. The van der Waals surface area contributed by atoms with Crippen molar-refractivity contribution in [2.24, 2.45) is 0 Å². The summed E-state index contributed by atoms with van der Waals surface area (Å²) in [7, 11) is 1.88. The summed E-state index contributed by atoms with van der Waals surface area (Å²) in [4.78, 5) is 13.7. The molecular weight excluding hydrogens is 260 g/mol. The van der Waals surface area contributed by atoms with E-state index >= 15 is 0 Å². The molecule has 2 aromatic heterocycles. The molecule has 1 N–H and O–H groups in total. The molecule has 3 aromatic rings. The highest BCUT2D eigenvalue weighted by molar-refractivity contribution is 5.82. The standard InChI is InChI=1S/C17H18N4/c1-11-12(2)21-17(18-3)16(20-11)10-13-8-9-19-15-7-5-4-6-14(13)15/h4-9H,10H2,1-3H3,(H,18,21). The third-order valence-electron chi connectivity index (χ3n) is 3.71. The molecule has 0 amide bonds. The first-order chi connectivity index (χ1) is 10.2. The Hall–Kier alpha value is -2.49. The van der Waals surface area contributed by atoms with E-state index in [2.05, 4.69) is 27.4 Å². The molecule has 0 aliphatic heterocycles. The van der Waals surface area contributed by atoms with Crippen molar-refractivity contribution in [2.75, 3.05) is 12.4 Å². The molecule has 0 aliphatic carbocycles. The van der Waals surface area contributed by atoms with Crippen LogP contribution in [-0.2, 0) is 6.42 Å². The fourth-order valence-electron chi connectivity index (χ4n) is 2.46. The molecule has 3 rings (SSSR count). The van der Waals surface area contributed by atoms with E-state index in [1.165, 1.54) is 10.9 Å². The van der Waals surface area contributed by atoms with Crippen molar-refractivity contribution in [3.63, 3.8) is 0 Å². The zero-order valence-corrected chi connectivity index (χ0v) is 12.5. The molecule has 21 heavy (non-hydrogen) atoms. The molecule has 0 fully saturated rings. The van der Waals surface area contributed by atoms with E-state index in [1.54, 1.807) is 0 Å². The first-order valence-electron chi connectivity index (χ1n) is 7.03. The lowest BCUT2D eigenvalue weighted by molar-refractivity contribution is 0.964. The number of nitrogens with zero attached hydrogens (tertiary/aromatic N) is 3. The Morgan fingerprint density at radius 1 is 1.00 bits per heavy atom. The third kappa shape index (κ3) is 2.57. The van der Waals surface area contributed by atoms with Gasteiger partial charge in [-0.1, -0.05) is 18.2 Å². The molecule has 106 valence electrons. The zero-order valence-electron chi connectivity index (χ0n) is 12.5. The van der Waals surface area contributed by atoms with Crippen LogP contribution in [0.5, 0.6) is 0 Å². The number of aryl methyl sites for hydroxylation is 2. The summed E-state index contributed by atoms with van der Waals surface area (Å²) in [5.74, 6) is 0.846. The van der Waals surface area contributed by atoms with Gasteiger partial charge in [-0.15, -0.1) is 0 Å². The lowest BCUT2D eigenvalue weighted by atomic mass is 10.0. The third-order valence-corrected chi connectivity index (χ3v) is 3.71. The van der Waals surface area contributed by atoms with Crippen molar-refractivity contribution in [1.82, 2.24) is 15.0 Å². The normalized spacial score (nSPS) is 10.8. The van der Waals surface area contributed by atoms with Crippen LogP contribution in [0.3, 0.4) is 0 Å². The van der Waals surface area contributed by atoms with Crippen molar-refractivity contribution in [3.05, 3.63) is 59.2 Å². The van der Waals surface area contributed by atoms with Crippen LogP contribution in [0.1, 0.15) is 22.6 Å².